The van der Waals surface area contributed by atoms with Crippen LogP contribution in [0.25, 0.3) is 22.0 Å². The summed E-state index contributed by atoms with van der Waals surface area (Å²) in [5, 5.41) is 19.1. The third kappa shape index (κ3) is 9.85. The SMILES string of the molecule is CNC(=O)C[C@H](CSc1ccccc1)Nc1ccc(S(=O)(=O)Nc2ncnc3cc(N4CCN(Cc5cc(Cl)ccc5-c5ccccc5)CC4)ccc23)cc1[N+](=O)[O-]. The maximum Gasteiger partial charge on any atom is 0.293 e. The van der Waals surface area contributed by atoms with Crippen LogP contribution in [0.4, 0.5) is 22.9 Å². The Hall–Kier alpha value is -5.74. The van der Waals surface area contributed by atoms with Gasteiger partial charge < -0.3 is 15.5 Å². The lowest BCUT2D eigenvalue weighted by atomic mass is 9.99. The van der Waals surface area contributed by atoms with Crippen LogP contribution >= 0.6 is 23.4 Å². The van der Waals surface area contributed by atoms with Gasteiger partial charge in [0, 0.05) is 85.0 Å². The molecule has 0 unspecified atom stereocenters. The molecule has 0 spiro atoms. The standard InChI is InChI=1S/C42H41ClN8O5S2/c1-44-41(52)23-32(27-57-34-10-6-3-7-11-34)47-38-17-14-35(25-40(38)51(53)54)58(55,56)48-42-37-16-13-33(24-39(37)45-28-46-42)50-20-18-49(19-21-50)26-30-22-31(43)12-15-36(30)29-8-4-2-5-9-29/h2-17,22,24-25,28,32,47H,18-21,23,26-27H2,1H3,(H,44,52)(H,45,46,48)/t32-/m1/s1. The summed E-state index contributed by atoms with van der Waals surface area (Å²) in [5.41, 5.74) is 4.62. The Morgan fingerprint density at radius 2 is 1.66 bits per heavy atom. The number of nitrogens with zero attached hydrogens (tertiary/aromatic N) is 5. The maximum atomic E-state index is 13.7. The number of amides is 1. The molecule has 6 aromatic rings. The molecule has 0 aliphatic carbocycles. The molecule has 16 heteroatoms. The van der Waals surface area contributed by atoms with Gasteiger partial charge in [0.15, 0.2) is 5.82 Å². The van der Waals surface area contributed by atoms with Gasteiger partial charge in [-0.2, -0.15) is 0 Å². The number of piperazine rings is 1. The van der Waals surface area contributed by atoms with Gasteiger partial charge in [0.25, 0.3) is 15.7 Å². The van der Waals surface area contributed by atoms with Crippen LogP contribution in [0.3, 0.4) is 0 Å². The highest BCUT2D eigenvalue weighted by Crippen LogP contribution is 2.33. The normalized spacial score (nSPS) is 13.9. The quantitative estimate of drug-likeness (QED) is 0.0528. The third-order valence-corrected chi connectivity index (χ3v) is 12.6. The molecule has 5 aromatic carbocycles. The predicted octanol–water partition coefficient (Wildman–Crippen LogP) is 7.69. The molecule has 1 amide bonds. The zero-order chi connectivity index (χ0) is 40.6. The van der Waals surface area contributed by atoms with Crippen LogP contribution in [0.15, 0.2) is 131 Å². The number of hydrogen-bond donors (Lipinski definition) is 3. The lowest BCUT2D eigenvalue weighted by Gasteiger charge is -2.36. The van der Waals surface area contributed by atoms with Crippen LogP contribution in [0.2, 0.25) is 5.02 Å². The Kier molecular flexibility index (Phi) is 12.7. The molecule has 0 radical (unpaired) electrons. The van der Waals surface area contributed by atoms with Crippen LogP contribution in [0.1, 0.15) is 12.0 Å². The zero-order valence-electron chi connectivity index (χ0n) is 31.5. The van der Waals surface area contributed by atoms with Crippen LogP contribution < -0.4 is 20.3 Å². The molecule has 7 rings (SSSR count). The van der Waals surface area contributed by atoms with E-state index in [2.05, 4.69) is 53.3 Å². The number of nitrogens with one attached hydrogen (secondary N) is 3. The van der Waals surface area contributed by atoms with Crippen molar-refractivity contribution >= 4 is 73.1 Å². The Bertz CT molecular complexity index is 2530. The van der Waals surface area contributed by atoms with Crippen LogP contribution in [0.5, 0.6) is 0 Å². The zero-order valence-corrected chi connectivity index (χ0v) is 33.9. The molecule has 13 nitrogen and oxygen atoms in total. The van der Waals surface area contributed by atoms with Crippen molar-refractivity contribution in [2.75, 3.05) is 53.9 Å². The van der Waals surface area contributed by atoms with E-state index in [-0.39, 0.29) is 28.7 Å². The summed E-state index contributed by atoms with van der Waals surface area (Å²) in [6, 6.07) is 34.6. The smallest absolute Gasteiger partial charge is 0.293 e. The summed E-state index contributed by atoms with van der Waals surface area (Å²) in [7, 11) is -2.81. The molecule has 1 saturated heterocycles. The Labute approximate surface area is 346 Å². The molecule has 1 atom stereocenters. The highest BCUT2D eigenvalue weighted by Gasteiger charge is 2.26. The number of carbonyl (C=O) groups excluding carboxylic acids is 1. The number of thioether (sulfide) groups is 1. The van der Waals surface area contributed by atoms with E-state index >= 15 is 0 Å². The van der Waals surface area contributed by atoms with Gasteiger partial charge in [0.1, 0.15) is 12.0 Å². The molecule has 1 aliphatic heterocycles. The number of carbonyl (C=O) groups is 1. The van der Waals surface area contributed by atoms with Gasteiger partial charge in [0.2, 0.25) is 5.91 Å². The van der Waals surface area contributed by atoms with E-state index in [1.54, 1.807) is 6.07 Å². The van der Waals surface area contributed by atoms with E-state index in [1.807, 2.05) is 72.8 Å². The van der Waals surface area contributed by atoms with Crippen LogP contribution in [-0.4, -0.2) is 79.1 Å². The Morgan fingerprint density at radius 1 is 0.914 bits per heavy atom. The fourth-order valence-corrected chi connectivity index (χ4v) is 9.06. The highest BCUT2D eigenvalue weighted by atomic mass is 35.5. The van der Waals surface area contributed by atoms with Crippen LogP contribution in [-0.2, 0) is 21.4 Å². The van der Waals surface area contributed by atoms with Crippen molar-refractivity contribution in [2.24, 2.45) is 0 Å². The molecule has 3 N–H and O–H groups in total. The highest BCUT2D eigenvalue weighted by molar-refractivity contribution is 7.99. The lowest BCUT2D eigenvalue weighted by Crippen LogP contribution is -2.46. The van der Waals surface area contributed by atoms with Crippen molar-refractivity contribution in [1.82, 2.24) is 20.2 Å². The number of benzene rings is 5. The number of rotatable bonds is 15. The Morgan fingerprint density at radius 3 is 2.38 bits per heavy atom. The molecule has 1 fully saturated rings. The first-order chi connectivity index (χ1) is 28.1. The van der Waals surface area contributed by atoms with Gasteiger partial charge in [-0.3, -0.25) is 24.5 Å². The van der Waals surface area contributed by atoms with Gasteiger partial charge in [-0.25, -0.2) is 18.4 Å². The number of nitro groups is 1. The summed E-state index contributed by atoms with van der Waals surface area (Å²) in [6.45, 7) is 3.98. The van der Waals surface area contributed by atoms with E-state index in [1.165, 1.54) is 42.8 Å². The summed E-state index contributed by atoms with van der Waals surface area (Å²) >= 11 is 7.91. The summed E-state index contributed by atoms with van der Waals surface area (Å²) in [5.74, 6) is 0.228. The average Bonchev–Trinajstić information content (AvgIpc) is 3.23. The van der Waals surface area contributed by atoms with Crippen molar-refractivity contribution in [3.63, 3.8) is 0 Å². The second-order valence-electron chi connectivity index (χ2n) is 13.7. The van der Waals surface area contributed by atoms with Crippen molar-refractivity contribution in [2.45, 2.75) is 28.8 Å². The first kappa shape index (κ1) is 40.5. The van der Waals surface area contributed by atoms with Crippen LogP contribution in [0, 0.1) is 10.1 Å². The Balaban J connectivity index is 1.03. The molecule has 298 valence electrons. The lowest BCUT2D eigenvalue weighted by molar-refractivity contribution is -0.384. The van der Waals surface area contributed by atoms with E-state index in [9.17, 15) is 23.3 Å². The molecule has 1 aliphatic rings. The van der Waals surface area contributed by atoms with Gasteiger partial charge in [-0.05, 0) is 71.3 Å². The molecule has 1 aromatic heterocycles. The number of halogens is 1. The van der Waals surface area contributed by atoms with E-state index in [0.29, 0.717) is 21.7 Å². The molecule has 2 heterocycles. The molecular formula is C42H41ClN8O5S2. The van der Waals surface area contributed by atoms with E-state index in [0.717, 1.165) is 60.5 Å². The van der Waals surface area contributed by atoms with Crippen molar-refractivity contribution in [3.05, 3.63) is 142 Å². The minimum Gasteiger partial charge on any atom is -0.375 e. The molecule has 58 heavy (non-hydrogen) atoms. The number of nitro benzene ring substituents is 1. The molecular weight excluding hydrogens is 796 g/mol. The average molecular weight is 837 g/mol. The minimum absolute atomic E-state index is 0.0468. The number of anilines is 3. The third-order valence-electron chi connectivity index (χ3n) is 9.88. The number of aromatic nitrogens is 2. The second-order valence-corrected chi connectivity index (χ2v) is 17.0. The summed E-state index contributed by atoms with van der Waals surface area (Å²) < 4.78 is 29.9. The first-order valence-electron chi connectivity index (χ1n) is 18.6. The molecule has 0 bridgehead atoms. The second kappa shape index (κ2) is 18.2. The molecule has 0 saturated carbocycles. The first-order valence-corrected chi connectivity index (χ1v) is 21.4. The maximum absolute atomic E-state index is 13.7. The van der Waals surface area contributed by atoms with E-state index in [4.69, 9.17) is 11.6 Å². The largest absolute Gasteiger partial charge is 0.375 e. The topological polar surface area (TPSA) is 163 Å². The van der Waals surface area contributed by atoms with Gasteiger partial charge in [0.05, 0.1) is 15.3 Å². The van der Waals surface area contributed by atoms with Gasteiger partial charge in [-0.1, -0.05) is 66.2 Å². The fraction of sp³-hybridized carbons (Fsp3) is 0.214. The van der Waals surface area contributed by atoms with E-state index < -0.39 is 26.7 Å². The number of fused-ring (bicyclic) bond motifs is 1. The van der Waals surface area contributed by atoms with Crippen molar-refractivity contribution < 1.29 is 18.1 Å². The van der Waals surface area contributed by atoms with Gasteiger partial charge in [-0.15, -0.1) is 11.8 Å². The van der Waals surface area contributed by atoms with Gasteiger partial charge >= 0.3 is 0 Å². The fourth-order valence-electron chi connectivity index (χ4n) is 6.87. The number of sulfonamides is 1. The summed E-state index contributed by atoms with van der Waals surface area (Å²) in [6.07, 6.45) is 1.33. The monoisotopic (exact) mass is 836 g/mol. The van der Waals surface area contributed by atoms with Crippen molar-refractivity contribution in [3.8, 4) is 11.1 Å². The minimum atomic E-state index is -4.33. The number of hydrogen-bond acceptors (Lipinski definition) is 11. The predicted molar refractivity (Wildman–Crippen MR) is 231 cm³/mol. The van der Waals surface area contributed by atoms with Crippen molar-refractivity contribution in [1.29, 1.82) is 0 Å². The summed E-state index contributed by atoms with van der Waals surface area (Å²) in [4.78, 5) is 37.9.